The van der Waals surface area contributed by atoms with Crippen LogP contribution in [0.4, 0.5) is 8.78 Å². The summed E-state index contributed by atoms with van der Waals surface area (Å²) in [4.78, 5) is -3.21. The molecule has 0 heterocycles. The Morgan fingerprint density at radius 2 is 1.79 bits per heavy atom. The number of sulfonamides is 1. The third kappa shape index (κ3) is 4.81. The lowest BCUT2D eigenvalue weighted by molar-refractivity contribution is 0.0892. The normalized spacial score (nSPS) is 12.9. The van der Waals surface area contributed by atoms with Crippen molar-refractivity contribution >= 4 is 26.0 Å². The Morgan fingerprint density at radius 3 is 2.21 bits per heavy atom. The third-order valence-corrected chi connectivity index (χ3v) is 4.60. The van der Waals surface area contributed by atoms with E-state index in [1.54, 1.807) is 19.1 Å². The maximum Gasteiger partial charge on any atom is 0.314 e. The minimum Gasteiger partial charge on any atom is -0.207 e. The molecule has 0 spiro atoms. The second-order valence-corrected chi connectivity index (χ2v) is 7.36. The molecule has 0 saturated carbocycles. The Balaban J connectivity index is 3.09. The maximum atomic E-state index is 13.0. The van der Waals surface area contributed by atoms with E-state index >= 15 is 0 Å². The largest absolute Gasteiger partial charge is 0.314 e. The lowest BCUT2D eigenvalue weighted by Crippen LogP contribution is -2.38. The minimum absolute atomic E-state index is 0.0308. The number of aryl methyl sites for hydroxylation is 1. The third-order valence-electron chi connectivity index (χ3n) is 2.49. The molecule has 1 aromatic carbocycles. The van der Waals surface area contributed by atoms with Crippen LogP contribution in [0.2, 0.25) is 0 Å². The van der Waals surface area contributed by atoms with Gasteiger partial charge in [-0.1, -0.05) is 24.6 Å². The second kappa shape index (κ2) is 6.28. The van der Waals surface area contributed by atoms with Crippen LogP contribution in [-0.2, 0) is 10.0 Å². The molecule has 0 bridgehead atoms. The van der Waals surface area contributed by atoms with Crippen LogP contribution < -0.4 is 0 Å². The average Bonchev–Trinajstić information content (AvgIpc) is 2.27. The van der Waals surface area contributed by atoms with Gasteiger partial charge in [0.2, 0.25) is 10.0 Å². The van der Waals surface area contributed by atoms with E-state index in [0.29, 0.717) is 6.42 Å². The molecule has 0 aliphatic carbocycles. The zero-order valence-corrected chi connectivity index (χ0v) is 13.1. The Hall–Kier alpha value is -0.530. The fourth-order valence-electron chi connectivity index (χ4n) is 1.59. The van der Waals surface area contributed by atoms with Crippen LogP contribution in [0, 0.1) is 6.92 Å². The lowest BCUT2D eigenvalue weighted by Gasteiger charge is -2.23. The standard InChI is InChI=1S/C12H16BrF2NO2S/c1-3-8-16(9-12(13,14)15)19(17,18)11-6-4-10(2)5-7-11/h4-7H,3,8-9H2,1-2H3. The van der Waals surface area contributed by atoms with Gasteiger partial charge in [-0.05, 0) is 41.4 Å². The van der Waals surface area contributed by atoms with Gasteiger partial charge in [-0.3, -0.25) is 0 Å². The summed E-state index contributed by atoms with van der Waals surface area (Å²) in [5.74, 6) is 0. The zero-order valence-electron chi connectivity index (χ0n) is 10.7. The van der Waals surface area contributed by atoms with Gasteiger partial charge in [0, 0.05) is 6.54 Å². The van der Waals surface area contributed by atoms with Crippen LogP contribution in [0.25, 0.3) is 0 Å². The fourth-order valence-corrected chi connectivity index (χ4v) is 3.59. The summed E-state index contributed by atoms with van der Waals surface area (Å²) in [5.41, 5.74) is 0.909. The van der Waals surface area contributed by atoms with E-state index < -0.39 is 21.4 Å². The van der Waals surface area contributed by atoms with Crippen molar-refractivity contribution in [3.63, 3.8) is 0 Å². The second-order valence-electron chi connectivity index (χ2n) is 4.27. The van der Waals surface area contributed by atoms with Crippen LogP contribution in [0.3, 0.4) is 0 Å². The summed E-state index contributed by atoms with van der Waals surface area (Å²) in [6.07, 6.45) is 0.466. The van der Waals surface area contributed by atoms with Gasteiger partial charge in [-0.25, -0.2) is 8.42 Å². The van der Waals surface area contributed by atoms with Crippen molar-refractivity contribution < 1.29 is 17.2 Å². The highest BCUT2D eigenvalue weighted by molar-refractivity contribution is 9.10. The molecule has 19 heavy (non-hydrogen) atoms. The topological polar surface area (TPSA) is 37.4 Å². The first-order valence-corrected chi connectivity index (χ1v) is 8.03. The predicted molar refractivity (Wildman–Crippen MR) is 74.1 cm³/mol. The Morgan fingerprint density at radius 1 is 1.26 bits per heavy atom. The molecule has 1 rings (SSSR count). The summed E-state index contributed by atoms with van der Waals surface area (Å²) in [6.45, 7) is 2.74. The molecule has 0 aliphatic heterocycles. The van der Waals surface area contributed by atoms with Crippen molar-refractivity contribution in [1.82, 2.24) is 4.31 Å². The van der Waals surface area contributed by atoms with Gasteiger partial charge in [-0.2, -0.15) is 13.1 Å². The number of hydrogen-bond donors (Lipinski definition) is 0. The van der Waals surface area contributed by atoms with Gasteiger partial charge < -0.3 is 0 Å². The van der Waals surface area contributed by atoms with Gasteiger partial charge in [0.15, 0.2) is 0 Å². The van der Waals surface area contributed by atoms with Gasteiger partial charge >= 0.3 is 4.83 Å². The molecular formula is C12H16BrF2NO2S. The zero-order chi connectivity index (χ0) is 14.7. The summed E-state index contributed by atoms with van der Waals surface area (Å²) in [6, 6.07) is 6.14. The molecule has 0 unspecified atom stereocenters. The lowest BCUT2D eigenvalue weighted by atomic mass is 10.2. The molecule has 0 fully saturated rings. The van der Waals surface area contributed by atoms with E-state index in [0.717, 1.165) is 9.87 Å². The van der Waals surface area contributed by atoms with Crippen molar-refractivity contribution in [3.8, 4) is 0 Å². The molecule has 1 aromatic rings. The summed E-state index contributed by atoms with van der Waals surface area (Å²) >= 11 is 2.19. The molecule has 0 aromatic heterocycles. The van der Waals surface area contributed by atoms with Crippen LogP contribution >= 0.6 is 15.9 Å². The summed E-state index contributed by atoms with van der Waals surface area (Å²) in [5, 5.41) is 0. The van der Waals surface area contributed by atoms with Gasteiger partial charge in [0.25, 0.3) is 0 Å². The Bertz CT molecular complexity index is 512. The minimum atomic E-state index is -3.89. The monoisotopic (exact) mass is 355 g/mol. The van der Waals surface area contributed by atoms with Gasteiger partial charge in [0.05, 0.1) is 11.4 Å². The van der Waals surface area contributed by atoms with E-state index in [1.807, 2.05) is 6.92 Å². The maximum absolute atomic E-state index is 13.0. The molecular weight excluding hydrogens is 340 g/mol. The average molecular weight is 356 g/mol. The number of alkyl halides is 3. The highest BCUT2D eigenvalue weighted by atomic mass is 79.9. The van der Waals surface area contributed by atoms with Crippen LogP contribution in [0.15, 0.2) is 29.2 Å². The molecule has 0 atom stereocenters. The number of rotatable bonds is 6. The van der Waals surface area contributed by atoms with Crippen LogP contribution in [-0.4, -0.2) is 30.6 Å². The highest BCUT2D eigenvalue weighted by Crippen LogP contribution is 2.26. The first kappa shape index (κ1) is 16.5. The molecule has 3 nitrogen and oxygen atoms in total. The van der Waals surface area contributed by atoms with Gasteiger partial charge in [0.1, 0.15) is 0 Å². The van der Waals surface area contributed by atoms with E-state index in [9.17, 15) is 17.2 Å². The van der Waals surface area contributed by atoms with Crippen molar-refractivity contribution in [2.75, 3.05) is 13.1 Å². The van der Waals surface area contributed by atoms with Crippen molar-refractivity contribution in [1.29, 1.82) is 0 Å². The van der Waals surface area contributed by atoms with Crippen molar-refractivity contribution in [2.24, 2.45) is 0 Å². The molecule has 0 aliphatic rings. The summed E-state index contributed by atoms with van der Waals surface area (Å²) in [7, 11) is -3.89. The molecule has 108 valence electrons. The quantitative estimate of drug-likeness (QED) is 0.733. The number of nitrogens with zero attached hydrogens (tertiary/aromatic N) is 1. The van der Waals surface area contributed by atoms with E-state index in [4.69, 9.17) is 0 Å². The van der Waals surface area contributed by atoms with Crippen LogP contribution in [0.5, 0.6) is 0 Å². The van der Waals surface area contributed by atoms with Crippen molar-refractivity contribution in [3.05, 3.63) is 29.8 Å². The van der Waals surface area contributed by atoms with Crippen LogP contribution in [0.1, 0.15) is 18.9 Å². The van der Waals surface area contributed by atoms with Gasteiger partial charge in [-0.15, -0.1) is 0 Å². The Kier molecular flexibility index (Phi) is 5.46. The highest BCUT2D eigenvalue weighted by Gasteiger charge is 2.34. The number of halogens is 3. The molecule has 7 heteroatoms. The fraction of sp³-hybridized carbons (Fsp3) is 0.500. The smallest absolute Gasteiger partial charge is 0.207 e. The predicted octanol–water partition coefficient (Wildman–Crippen LogP) is 3.38. The number of hydrogen-bond acceptors (Lipinski definition) is 2. The van der Waals surface area contributed by atoms with Crippen molar-refractivity contribution in [2.45, 2.75) is 30.0 Å². The molecule has 0 N–H and O–H groups in total. The first-order chi connectivity index (χ1) is 8.66. The summed E-state index contributed by atoms with van der Waals surface area (Å²) < 4.78 is 51.4. The molecule has 0 radical (unpaired) electrons. The SMILES string of the molecule is CCCN(CC(F)(F)Br)S(=O)(=O)c1ccc(C)cc1. The molecule has 0 saturated heterocycles. The van der Waals surface area contributed by atoms with E-state index in [2.05, 4.69) is 15.9 Å². The number of benzene rings is 1. The molecule has 0 amide bonds. The first-order valence-electron chi connectivity index (χ1n) is 5.80. The Labute approximate surface area is 120 Å². The van der Waals surface area contributed by atoms with E-state index in [-0.39, 0.29) is 11.4 Å². The van der Waals surface area contributed by atoms with E-state index in [1.165, 1.54) is 12.1 Å².